The van der Waals surface area contributed by atoms with Gasteiger partial charge in [0.15, 0.2) is 0 Å². The van der Waals surface area contributed by atoms with Gasteiger partial charge in [0.25, 0.3) is 0 Å². The molecule has 2 atom stereocenters. The first-order valence-corrected chi connectivity index (χ1v) is 6.81. The number of ether oxygens (including phenoxy) is 1. The van der Waals surface area contributed by atoms with Gasteiger partial charge in [0, 0.05) is 25.1 Å². The second-order valence-electron chi connectivity index (χ2n) is 5.42. The van der Waals surface area contributed by atoms with Gasteiger partial charge in [0.05, 0.1) is 12.0 Å². The van der Waals surface area contributed by atoms with Crippen LogP contribution in [0, 0.1) is 23.1 Å². The summed E-state index contributed by atoms with van der Waals surface area (Å²) in [6, 6.07) is 7.06. The van der Waals surface area contributed by atoms with E-state index in [9.17, 15) is 4.39 Å². The molecule has 4 heteroatoms. The summed E-state index contributed by atoms with van der Waals surface area (Å²) in [5, 5.41) is 8.99. The van der Waals surface area contributed by atoms with Crippen LogP contribution >= 0.6 is 0 Å². The van der Waals surface area contributed by atoms with Crippen LogP contribution in [0.25, 0.3) is 0 Å². The zero-order valence-corrected chi connectivity index (χ0v) is 10.8. The molecule has 3 rings (SSSR count). The predicted molar refractivity (Wildman–Crippen MR) is 69.3 cm³/mol. The molecule has 19 heavy (non-hydrogen) atoms. The lowest BCUT2D eigenvalue weighted by Gasteiger charge is -2.31. The number of likely N-dealkylation sites (tertiary alicyclic amines) is 1. The molecule has 1 fully saturated rings. The molecule has 2 unspecified atom stereocenters. The molecule has 2 aliphatic heterocycles. The van der Waals surface area contributed by atoms with E-state index in [-0.39, 0.29) is 17.8 Å². The zero-order valence-electron chi connectivity index (χ0n) is 10.8. The maximum absolute atomic E-state index is 13.1. The van der Waals surface area contributed by atoms with Crippen molar-refractivity contribution in [1.29, 1.82) is 5.26 Å². The van der Waals surface area contributed by atoms with E-state index in [0.29, 0.717) is 0 Å². The Morgan fingerprint density at radius 3 is 3.21 bits per heavy atom. The molecule has 2 heterocycles. The van der Waals surface area contributed by atoms with Crippen molar-refractivity contribution in [2.75, 3.05) is 19.6 Å². The van der Waals surface area contributed by atoms with Gasteiger partial charge in [-0.25, -0.2) is 4.39 Å². The minimum atomic E-state index is -0.203. The molecule has 0 radical (unpaired) electrons. The highest BCUT2D eigenvalue weighted by molar-refractivity contribution is 5.37. The van der Waals surface area contributed by atoms with Crippen LogP contribution in [0.4, 0.5) is 4.39 Å². The van der Waals surface area contributed by atoms with Gasteiger partial charge in [0.1, 0.15) is 17.7 Å². The van der Waals surface area contributed by atoms with E-state index in [0.717, 1.165) is 50.2 Å². The van der Waals surface area contributed by atoms with Crippen molar-refractivity contribution >= 4 is 0 Å². The molecule has 3 nitrogen and oxygen atoms in total. The first kappa shape index (κ1) is 12.4. The molecular formula is C15H17FN2O. The van der Waals surface area contributed by atoms with E-state index in [1.165, 1.54) is 6.07 Å². The van der Waals surface area contributed by atoms with Gasteiger partial charge in [-0.3, -0.25) is 4.90 Å². The van der Waals surface area contributed by atoms with Crippen molar-refractivity contribution in [3.8, 4) is 11.8 Å². The van der Waals surface area contributed by atoms with E-state index in [4.69, 9.17) is 10.00 Å². The second-order valence-corrected chi connectivity index (χ2v) is 5.42. The topological polar surface area (TPSA) is 36.3 Å². The lowest BCUT2D eigenvalue weighted by Crippen LogP contribution is -2.41. The quantitative estimate of drug-likeness (QED) is 0.819. The third-order valence-corrected chi connectivity index (χ3v) is 3.91. The molecule has 1 aromatic carbocycles. The average molecular weight is 260 g/mol. The number of nitrogens with zero attached hydrogens (tertiary/aromatic N) is 2. The van der Waals surface area contributed by atoms with Crippen LogP contribution in [-0.4, -0.2) is 30.6 Å². The number of hydrogen-bond acceptors (Lipinski definition) is 3. The van der Waals surface area contributed by atoms with Crippen LogP contribution in [0.1, 0.15) is 18.4 Å². The van der Waals surface area contributed by atoms with Crippen molar-refractivity contribution in [2.45, 2.75) is 25.4 Å². The maximum atomic E-state index is 13.1. The first-order chi connectivity index (χ1) is 9.24. The fourth-order valence-electron chi connectivity index (χ4n) is 3.01. The molecule has 0 amide bonds. The minimum Gasteiger partial charge on any atom is -0.488 e. The third-order valence-electron chi connectivity index (χ3n) is 3.91. The van der Waals surface area contributed by atoms with Crippen LogP contribution in [-0.2, 0) is 6.42 Å². The summed E-state index contributed by atoms with van der Waals surface area (Å²) < 4.78 is 19.0. The Hall–Kier alpha value is -1.60. The lowest BCUT2D eigenvalue weighted by atomic mass is 9.99. The second kappa shape index (κ2) is 5.18. The Morgan fingerprint density at radius 2 is 2.37 bits per heavy atom. The first-order valence-electron chi connectivity index (χ1n) is 6.81. The van der Waals surface area contributed by atoms with Crippen LogP contribution in [0.5, 0.6) is 5.75 Å². The highest BCUT2D eigenvalue weighted by atomic mass is 19.1. The Kier molecular flexibility index (Phi) is 3.39. The number of rotatable bonds is 2. The fraction of sp³-hybridized carbons (Fsp3) is 0.533. The zero-order chi connectivity index (χ0) is 13.2. The molecule has 0 spiro atoms. The molecule has 1 aromatic rings. The summed E-state index contributed by atoms with van der Waals surface area (Å²) in [4.78, 5) is 2.30. The van der Waals surface area contributed by atoms with Crippen LogP contribution in [0.3, 0.4) is 0 Å². The highest BCUT2D eigenvalue weighted by Gasteiger charge is 2.27. The van der Waals surface area contributed by atoms with Gasteiger partial charge in [-0.2, -0.15) is 5.26 Å². The largest absolute Gasteiger partial charge is 0.488 e. The van der Waals surface area contributed by atoms with E-state index >= 15 is 0 Å². The van der Waals surface area contributed by atoms with Crippen molar-refractivity contribution in [2.24, 2.45) is 5.92 Å². The summed E-state index contributed by atoms with van der Waals surface area (Å²) in [6.45, 7) is 2.69. The maximum Gasteiger partial charge on any atom is 0.123 e. The number of fused-ring (bicyclic) bond motifs is 1. The van der Waals surface area contributed by atoms with Crippen molar-refractivity contribution in [3.05, 3.63) is 29.6 Å². The van der Waals surface area contributed by atoms with Gasteiger partial charge < -0.3 is 4.74 Å². The summed E-state index contributed by atoms with van der Waals surface area (Å²) in [6.07, 6.45) is 2.94. The molecule has 0 aromatic heterocycles. The summed E-state index contributed by atoms with van der Waals surface area (Å²) in [7, 11) is 0. The fourth-order valence-corrected chi connectivity index (χ4v) is 3.01. The van der Waals surface area contributed by atoms with Crippen molar-refractivity contribution in [3.63, 3.8) is 0 Å². The molecule has 1 saturated heterocycles. The van der Waals surface area contributed by atoms with E-state index in [1.807, 2.05) is 0 Å². The molecule has 0 aliphatic carbocycles. The third kappa shape index (κ3) is 2.71. The molecule has 2 aliphatic rings. The van der Waals surface area contributed by atoms with Gasteiger partial charge >= 0.3 is 0 Å². The van der Waals surface area contributed by atoms with Crippen LogP contribution in [0.15, 0.2) is 18.2 Å². The molecular weight excluding hydrogens is 243 g/mol. The number of benzene rings is 1. The molecule has 0 saturated carbocycles. The van der Waals surface area contributed by atoms with E-state index < -0.39 is 0 Å². The van der Waals surface area contributed by atoms with Crippen LogP contribution < -0.4 is 4.74 Å². The molecule has 0 bridgehead atoms. The molecule has 100 valence electrons. The van der Waals surface area contributed by atoms with Crippen molar-refractivity contribution in [1.82, 2.24) is 4.90 Å². The smallest absolute Gasteiger partial charge is 0.123 e. The summed E-state index contributed by atoms with van der Waals surface area (Å²) in [5.74, 6) is 0.751. The Labute approximate surface area is 112 Å². The predicted octanol–water partition coefficient (Wildman–Crippen LogP) is 2.36. The number of hydrogen-bond donors (Lipinski definition) is 0. The highest BCUT2D eigenvalue weighted by Crippen LogP contribution is 2.30. The van der Waals surface area contributed by atoms with Gasteiger partial charge in [-0.1, -0.05) is 0 Å². The van der Waals surface area contributed by atoms with E-state index in [1.54, 1.807) is 12.1 Å². The summed E-state index contributed by atoms with van der Waals surface area (Å²) in [5.41, 5.74) is 0.957. The molecule has 0 N–H and O–H groups in total. The standard InChI is InChI=1S/C15H17FN2O/c16-13-3-4-15-12(6-13)7-14(19-15)10-18-5-1-2-11(8-17)9-18/h3-4,6,11,14H,1-2,5,7,9-10H2. The average Bonchev–Trinajstić information content (AvgIpc) is 2.80. The van der Waals surface area contributed by atoms with E-state index in [2.05, 4.69) is 11.0 Å². The number of nitriles is 1. The normalized spacial score (nSPS) is 26.5. The van der Waals surface area contributed by atoms with Gasteiger partial charge in [-0.15, -0.1) is 0 Å². The van der Waals surface area contributed by atoms with Gasteiger partial charge in [-0.05, 0) is 37.6 Å². The van der Waals surface area contributed by atoms with Crippen LogP contribution in [0.2, 0.25) is 0 Å². The Morgan fingerprint density at radius 1 is 1.47 bits per heavy atom. The monoisotopic (exact) mass is 260 g/mol. The lowest BCUT2D eigenvalue weighted by molar-refractivity contribution is 0.122. The summed E-state index contributed by atoms with van der Waals surface area (Å²) >= 11 is 0. The van der Waals surface area contributed by atoms with Crippen molar-refractivity contribution < 1.29 is 9.13 Å². The Balaban J connectivity index is 1.60. The minimum absolute atomic E-state index is 0.0919. The number of piperidine rings is 1. The van der Waals surface area contributed by atoms with Gasteiger partial charge in [0.2, 0.25) is 0 Å². The SMILES string of the molecule is N#CC1CCCN(CC2Cc3cc(F)ccc3O2)C1. The Bertz CT molecular complexity index is 511. The number of halogens is 1.